The van der Waals surface area contributed by atoms with E-state index in [0.29, 0.717) is 43.2 Å². The van der Waals surface area contributed by atoms with Crippen LogP contribution < -0.4 is 14.8 Å². The van der Waals surface area contributed by atoms with Crippen LogP contribution in [-0.2, 0) is 11.2 Å². The number of rotatable bonds is 6. The van der Waals surface area contributed by atoms with E-state index in [9.17, 15) is 9.59 Å². The Hall–Kier alpha value is -3.80. The maximum atomic E-state index is 13.9. The van der Waals surface area contributed by atoms with E-state index in [1.165, 1.54) is 0 Å². The summed E-state index contributed by atoms with van der Waals surface area (Å²) in [6, 6.07) is 18.8. The maximum absolute atomic E-state index is 13.9. The molecule has 0 radical (unpaired) electrons. The van der Waals surface area contributed by atoms with Crippen molar-refractivity contribution < 1.29 is 19.1 Å². The zero-order valence-corrected chi connectivity index (χ0v) is 20.3. The summed E-state index contributed by atoms with van der Waals surface area (Å²) < 4.78 is 11.8. The Morgan fingerprint density at radius 3 is 2.40 bits per heavy atom. The van der Waals surface area contributed by atoms with Crippen LogP contribution in [0.4, 0.5) is 5.69 Å². The number of nitrogens with one attached hydrogen (secondary N) is 1. The van der Waals surface area contributed by atoms with Gasteiger partial charge in [0, 0.05) is 17.8 Å². The second-order valence-electron chi connectivity index (χ2n) is 8.93. The van der Waals surface area contributed by atoms with Crippen molar-refractivity contribution in [2.75, 3.05) is 25.1 Å². The lowest BCUT2D eigenvalue weighted by Gasteiger charge is -2.45. The van der Waals surface area contributed by atoms with E-state index in [4.69, 9.17) is 9.47 Å². The van der Waals surface area contributed by atoms with E-state index in [1.54, 1.807) is 0 Å². The van der Waals surface area contributed by atoms with Crippen molar-refractivity contribution in [2.24, 2.45) is 0 Å². The number of carbonyl (C=O) groups excluding carboxylic acids is 2. The van der Waals surface area contributed by atoms with Crippen LogP contribution in [-0.4, -0.2) is 36.5 Å². The molecule has 0 bridgehead atoms. The number of para-hydroxylation sites is 1. The molecule has 0 aliphatic carbocycles. The van der Waals surface area contributed by atoms with E-state index < -0.39 is 12.0 Å². The number of benzene rings is 3. The van der Waals surface area contributed by atoms with Gasteiger partial charge in [-0.05, 0) is 73.7 Å². The zero-order valence-electron chi connectivity index (χ0n) is 20.3. The van der Waals surface area contributed by atoms with Crippen LogP contribution in [0.15, 0.2) is 60.7 Å². The Morgan fingerprint density at radius 2 is 1.66 bits per heavy atom. The number of amides is 2. The molecule has 6 heteroatoms. The summed E-state index contributed by atoms with van der Waals surface area (Å²) in [4.78, 5) is 29.3. The van der Waals surface area contributed by atoms with Crippen molar-refractivity contribution in [3.8, 4) is 11.5 Å². The third kappa shape index (κ3) is 4.03. The minimum atomic E-state index is -0.560. The molecule has 2 amide bonds. The molecule has 0 unspecified atom stereocenters. The first-order valence-electron chi connectivity index (χ1n) is 12.2. The van der Waals surface area contributed by atoms with Crippen LogP contribution in [0.5, 0.6) is 11.5 Å². The fourth-order valence-electron chi connectivity index (χ4n) is 5.28. The quantitative estimate of drug-likeness (QED) is 0.533. The average molecular weight is 471 g/mol. The molecule has 0 saturated heterocycles. The summed E-state index contributed by atoms with van der Waals surface area (Å²) in [5.74, 6) is 0.608. The van der Waals surface area contributed by atoms with Gasteiger partial charge >= 0.3 is 0 Å². The van der Waals surface area contributed by atoms with Gasteiger partial charge in [0.2, 0.25) is 5.91 Å². The van der Waals surface area contributed by atoms with Gasteiger partial charge in [-0.2, -0.15) is 0 Å². The number of hydrogen-bond donors (Lipinski definition) is 1. The first-order valence-corrected chi connectivity index (χ1v) is 12.2. The highest BCUT2D eigenvalue weighted by atomic mass is 16.5. The van der Waals surface area contributed by atoms with E-state index >= 15 is 0 Å². The lowest BCUT2D eigenvalue weighted by atomic mass is 9.75. The van der Waals surface area contributed by atoms with Crippen LogP contribution >= 0.6 is 0 Å². The van der Waals surface area contributed by atoms with Gasteiger partial charge in [-0.15, -0.1) is 0 Å². The predicted molar refractivity (Wildman–Crippen MR) is 135 cm³/mol. The summed E-state index contributed by atoms with van der Waals surface area (Å²) in [7, 11) is 0. The zero-order chi connectivity index (χ0) is 24.5. The van der Waals surface area contributed by atoms with Crippen LogP contribution in [0, 0.1) is 6.92 Å². The number of hydrogen-bond acceptors (Lipinski definition) is 4. The van der Waals surface area contributed by atoms with Gasteiger partial charge in [0.25, 0.3) is 5.91 Å². The minimum Gasteiger partial charge on any atom is -0.490 e. The molecule has 1 N–H and O–H groups in total. The Bertz CT molecular complexity index is 1290. The second-order valence-corrected chi connectivity index (χ2v) is 8.93. The number of carbonyl (C=O) groups is 2. The predicted octanol–water partition coefficient (Wildman–Crippen LogP) is 5.27. The number of ether oxygens (including phenoxy) is 2. The van der Waals surface area contributed by atoms with Crippen molar-refractivity contribution in [3.63, 3.8) is 0 Å². The molecular formula is C29H30N2O4. The van der Waals surface area contributed by atoms with E-state index in [0.717, 1.165) is 27.9 Å². The Balaban J connectivity index is 1.65. The van der Waals surface area contributed by atoms with Crippen LogP contribution in [0.25, 0.3) is 0 Å². The highest BCUT2D eigenvalue weighted by molar-refractivity contribution is 6.04. The molecule has 6 nitrogen and oxygen atoms in total. The molecule has 35 heavy (non-hydrogen) atoms. The third-order valence-electron chi connectivity index (χ3n) is 6.87. The molecule has 2 heterocycles. The first-order chi connectivity index (χ1) is 17.0. The summed E-state index contributed by atoms with van der Waals surface area (Å²) in [6.45, 7) is 7.41. The summed E-state index contributed by atoms with van der Waals surface area (Å²) >= 11 is 0. The van der Waals surface area contributed by atoms with Gasteiger partial charge in [-0.3, -0.25) is 9.59 Å². The van der Waals surface area contributed by atoms with Crippen LogP contribution in [0.2, 0.25) is 0 Å². The number of aryl methyl sites for hydroxylation is 1. The molecule has 3 aromatic rings. The summed E-state index contributed by atoms with van der Waals surface area (Å²) in [5, 5.41) is 3.14. The fraction of sp³-hybridized carbons (Fsp3) is 0.310. The minimum absolute atomic E-state index is 0.0389. The van der Waals surface area contributed by atoms with E-state index in [-0.39, 0.29) is 11.8 Å². The van der Waals surface area contributed by atoms with Gasteiger partial charge in [0.05, 0.1) is 25.2 Å². The molecule has 0 spiro atoms. The van der Waals surface area contributed by atoms with Crippen molar-refractivity contribution in [3.05, 3.63) is 88.5 Å². The number of fused-ring (bicyclic) bond motifs is 4. The van der Waals surface area contributed by atoms with Gasteiger partial charge < -0.3 is 19.7 Å². The molecule has 2 atom stereocenters. The van der Waals surface area contributed by atoms with Crippen LogP contribution in [0.1, 0.15) is 58.4 Å². The smallest absolute Gasteiger partial charge is 0.254 e. The average Bonchev–Trinajstić information content (AvgIpc) is 2.86. The molecular weight excluding hydrogens is 440 g/mol. The molecule has 0 saturated carbocycles. The largest absolute Gasteiger partial charge is 0.490 e. The van der Waals surface area contributed by atoms with Gasteiger partial charge in [0.1, 0.15) is 0 Å². The van der Waals surface area contributed by atoms with Gasteiger partial charge in [-0.1, -0.05) is 36.4 Å². The summed E-state index contributed by atoms with van der Waals surface area (Å²) in [5.41, 5.74) is 5.13. The Kier molecular flexibility index (Phi) is 6.20. The van der Waals surface area contributed by atoms with Crippen molar-refractivity contribution in [1.82, 2.24) is 4.90 Å². The summed E-state index contributed by atoms with van der Waals surface area (Å²) in [6.07, 6.45) is 0.693. The standard InChI is InChI=1S/C29H30N2O4/c1-4-34-24-16-19-14-15-31-27(22(19)17-25(24)35-5-2)26(20-11-7-8-12-21(20)29(31)33)28(32)30-23-13-9-6-10-18(23)3/h6-13,16-17,26-27H,4-5,14-15H2,1-3H3,(H,30,32)/t26-,27-/m1/s1. The van der Waals surface area contributed by atoms with Crippen molar-refractivity contribution in [1.29, 1.82) is 0 Å². The second kappa shape index (κ2) is 9.45. The Labute approximate surface area is 205 Å². The number of anilines is 1. The first kappa shape index (κ1) is 23.0. The SMILES string of the molecule is CCOc1cc2c(cc1OCC)[C@@H]1[C@H](C(=O)Nc3ccccc3C)c3ccccc3C(=O)N1CC2. The van der Waals surface area contributed by atoms with Crippen molar-refractivity contribution in [2.45, 2.75) is 39.2 Å². The normalized spacial score (nSPS) is 18.3. The monoisotopic (exact) mass is 470 g/mol. The molecule has 180 valence electrons. The highest BCUT2D eigenvalue weighted by Gasteiger charge is 2.46. The molecule has 0 fully saturated rings. The topological polar surface area (TPSA) is 67.9 Å². The molecule has 3 aromatic carbocycles. The van der Waals surface area contributed by atoms with Gasteiger partial charge in [0.15, 0.2) is 11.5 Å². The van der Waals surface area contributed by atoms with Gasteiger partial charge in [-0.25, -0.2) is 0 Å². The van der Waals surface area contributed by atoms with Crippen molar-refractivity contribution >= 4 is 17.5 Å². The van der Waals surface area contributed by atoms with Crippen LogP contribution in [0.3, 0.4) is 0 Å². The molecule has 5 rings (SSSR count). The van der Waals surface area contributed by atoms with E-state index in [1.807, 2.05) is 86.3 Å². The lowest BCUT2D eigenvalue weighted by Crippen LogP contribution is -2.49. The maximum Gasteiger partial charge on any atom is 0.254 e. The number of nitrogens with zero attached hydrogens (tertiary/aromatic N) is 1. The lowest BCUT2D eigenvalue weighted by molar-refractivity contribution is -0.119. The third-order valence-corrected chi connectivity index (χ3v) is 6.87. The molecule has 2 aliphatic heterocycles. The molecule has 2 aliphatic rings. The fourth-order valence-corrected chi connectivity index (χ4v) is 5.28. The highest BCUT2D eigenvalue weighted by Crippen LogP contribution is 2.48. The Morgan fingerprint density at radius 1 is 0.971 bits per heavy atom. The molecule has 0 aromatic heterocycles. The van der Waals surface area contributed by atoms with E-state index in [2.05, 4.69) is 5.32 Å².